The topological polar surface area (TPSA) is 39.3 Å². The molecule has 2 aromatic heterocycles. The van der Waals surface area contributed by atoms with Gasteiger partial charge in [0.2, 0.25) is 0 Å². The van der Waals surface area contributed by atoms with Crippen molar-refractivity contribution in [2.45, 2.75) is 0 Å². The van der Waals surface area contributed by atoms with Crippen LogP contribution in [0.25, 0.3) is 10.9 Å². The Kier molecular flexibility index (Phi) is 3.75. The summed E-state index contributed by atoms with van der Waals surface area (Å²) in [6, 6.07) is 11.8. The van der Waals surface area contributed by atoms with Crippen LogP contribution in [0.4, 0.5) is 5.00 Å². The largest absolute Gasteiger partial charge is 0.361 e. The van der Waals surface area contributed by atoms with Crippen LogP contribution in [0.1, 0.15) is 10.4 Å². The molecule has 1 amide bonds. The fourth-order valence-electron chi connectivity index (χ4n) is 2.97. The van der Waals surface area contributed by atoms with Crippen molar-refractivity contribution in [3.63, 3.8) is 0 Å². The van der Waals surface area contributed by atoms with Crippen LogP contribution in [-0.2, 0) is 0 Å². The van der Waals surface area contributed by atoms with Crippen molar-refractivity contribution in [2.24, 2.45) is 0 Å². The van der Waals surface area contributed by atoms with E-state index in [-0.39, 0.29) is 5.91 Å². The van der Waals surface area contributed by atoms with Gasteiger partial charge in [0, 0.05) is 43.5 Å². The first kappa shape index (κ1) is 14.6. The third-order valence-electron chi connectivity index (χ3n) is 4.24. The molecule has 4 rings (SSSR count). The van der Waals surface area contributed by atoms with E-state index in [0.717, 1.165) is 47.0 Å². The van der Waals surface area contributed by atoms with Gasteiger partial charge < -0.3 is 14.8 Å². The molecule has 0 saturated carbocycles. The molecule has 0 unspecified atom stereocenters. The van der Waals surface area contributed by atoms with Gasteiger partial charge in [-0.2, -0.15) is 0 Å². The molecule has 1 aromatic carbocycles. The minimum atomic E-state index is 0.102. The summed E-state index contributed by atoms with van der Waals surface area (Å²) < 4.78 is 0.803. The lowest BCUT2D eigenvalue weighted by Crippen LogP contribution is -2.48. The molecule has 4 nitrogen and oxygen atoms in total. The number of hydrogen-bond donors (Lipinski definition) is 1. The predicted molar refractivity (Wildman–Crippen MR) is 95.7 cm³/mol. The minimum Gasteiger partial charge on any atom is -0.361 e. The van der Waals surface area contributed by atoms with Gasteiger partial charge in [0.1, 0.15) is 0 Å². The predicted octanol–water partition coefficient (Wildman–Crippen LogP) is 3.85. The molecule has 118 valence electrons. The quantitative estimate of drug-likeness (QED) is 0.766. The highest BCUT2D eigenvalue weighted by Crippen LogP contribution is 2.30. The van der Waals surface area contributed by atoms with E-state index < -0.39 is 0 Å². The fourth-order valence-corrected chi connectivity index (χ4v) is 4.05. The Morgan fingerprint density at radius 1 is 1.09 bits per heavy atom. The first-order chi connectivity index (χ1) is 11.2. The number of thiophene rings is 1. The molecule has 23 heavy (non-hydrogen) atoms. The highest BCUT2D eigenvalue weighted by Gasteiger charge is 2.23. The number of anilines is 1. The molecule has 1 N–H and O–H groups in total. The number of H-pyrrole nitrogens is 1. The van der Waals surface area contributed by atoms with Gasteiger partial charge in [-0.25, -0.2) is 0 Å². The maximum atomic E-state index is 12.7. The van der Waals surface area contributed by atoms with Gasteiger partial charge >= 0.3 is 0 Å². The Morgan fingerprint density at radius 3 is 2.65 bits per heavy atom. The molecule has 0 radical (unpaired) electrons. The van der Waals surface area contributed by atoms with Gasteiger partial charge in [0.05, 0.1) is 9.34 Å². The van der Waals surface area contributed by atoms with Gasteiger partial charge in [-0.05, 0) is 35.7 Å². The van der Waals surface area contributed by atoms with E-state index >= 15 is 0 Å². The normalized spacial score (nSPS) is 15.3. The van der Waals surface area contributed by atoms with Gasteiger partial charge in [-0.3, -0.25) is 4.79 Å². The Hall–Kier alpha value is -1.98. The van der Waals surface area contributed by atoms with Crippen molar-refractivity contribution in [1.82, 2.24) is 9.88 Å². The zero-order valence-corrected chi connectivity index (χ0v) is 14.0. The van der Waals surface area contributed by atoms with Crippen molar-refractivity contribution >= 4 is 44.7 Å². The van der Waals surface area contributed by atoms with Gasteiger partial charge in [0.25, 0.3) is 5.91 Å². The summed E-state index contributed by atoms with van der Waals surface area (Å²) in [6.45, 7) is 3.15. The Bertz CT molecular complexity index is 848. The summed E-state index contributed by atoms with van der Waals surface area (Å²) in [5.41, 5.74) is 1.75. The van der Waals surface area contributed by atoms with Crippen molar-refractivity contribution in [1.29, 1.82) is 0 Å². The number of carbonyl (C=O) groups is 1. The van der Waals surface area contributed by atoms with Crippen LogP contribution < -0.4 is 4.90 Å². The molecule has 1 fully saturated rings. The lowest BCUT2D eigenvalue weighted by Gasteiger charge is -2.35. The molecular weight excluding hydrogens is 330 g/mol. The summed E-state index contributed by atoms with van der Waals surface area (Å²) in [5, 5.41) is 2.30. The number of rotatable bonds is 2. The van der Waals surface area contributed by atoms with E-state index in [1.54, 1.807) is 11.3 Å². The Balaban J connectivity index is 1.46. The zero-order chi connectivity index (χ0) is 15.8. The smallest absolute Gasteiger partial charge is 0.254 e. The second-order valence-electron chi connectivity index (χ2n) is 5.64. The number of benzene rings is 1. The monoisotopic (exact) mass is 345 g/mol. The van der Waals surface area contributed by atoms with Crippen LogP contribution in [0.5, 0.6) is 0 Å². The molecule has 0 spiro atoms. The van der Waals surface area contributed by atoms with Crippen LogP contribution in [-0.4, -0.2) is 42.0 Å². The van der Waals surface area contributed by atoms with Crippen LogP contribution in [0.3, 0.4) is 0 Å². The van der Waals surface area contributed by atoms with Crippen LogP contribution >= 0.6 is 22.9 Å². The van der Waals surface area contributed by atoms with Crippen LogP contribution in [0, 0.1) is 0 Å². The van der Waals surface area contributed by atoms with Gasteiger partial charge in [-0.1, -0.05) is 17.7 Å². The number of aromatic nitrogens is 1. The summed E-state index contributed by atoms with van der Waals surface area (Å²) in [6.07, 6.45) is 1.89. The summed E-state index contributed by atoms with van der Waals surface area (Å²) in [7, 11) is 0. The highest BCUT2D eigenvalue weighted by molar-refractivity contribution is 7.19. The molecule has 0 bridgehead atoms. The Labute approximate surface area is 143 Å². The number of amides is 1. The summed E-state index contributed by atoms with van der Waals surface area (Å²) >= 11 is 7.59. The van der Waals surface area contributed by atoms with Crippen LogP contribution in [0.15, 0.2) is 42.6 Å². The van der Waals surface area contributed by atoms with Gasteiger partial charge in [-0.15, -0.1) is 11.3 Å². The zero-order valence-electron chi connectivity index (χ0n) is 12.5. The van der Waals surface area contributed by atoms with Gasteiger partial charge in [0.15, 0.2) is 0 Å². The number of hydrogen-bond acceptors (Lipinski definition) is 3. The highest BCUT2D eigenvalue weighted by atomic mass is 35.5. The van der Waals surface area contributed by atoms with E-state index in [0.29, 0.717) is 0 Å². The number of nitrogens with one attached hydrogen (secondary N) is 1. The maximum absolute atomic E-state index is 12.7. The fraction of sp³-hybridized carbons (Fsp3) is 0.235. The molecular formula is C17H16ClN3OS. The van der Waals surface area contributed by atoms with E-state index in [1.807, 2.05) is 47.5 Å². The average molecular weight is 346 g/mol. The number of aromatic amines is 1. The second-order valence-corrected chi connectivity index (χ2v) is 7.33. The lowest BCUT2D eigenvalue weighted by molar-refractivity contribution is 0.0747. The first-order valence-electron chi connectivity index (χ1n) is 7.57. The van der Waals surface area contributed by atoms with Crippen molar-refractivity contribution < 1.29 is 4.79 Å². The summed E-state index contributed by atoms with van der Waals surface area (Å²) in [5.74, 6) is 0.102. The first-order valence-corrected chi connectivity index (χ1v) is 8.77. The number of fused-ring (bicyclic) bond motifs is 1. The lowest BCUT2D eigenvalue weighted by atomic mass is 10.1. The van der Waals surface area contributed by atoms with E-state index in [4.69, 9.17) is 11.6 Å². The van der Waals surface area contributed by atoms with Crippen molar-refractivity contribution in [3.8, 4) is 0 Å². The molecule has 3 aromatic rings. The third-order valence-corrected chi connectivity index (χ3v) is 5.53. The van der Waals surface area contributed by atoms with E-state index in [1.165, 1.54) is 5.00 Å². The molecule has 3 heterocycles. The molecule has 6 heteroatoms. The Morgan fingerprint density at radius 2 is 1.91 bits per heavy atom. The number of carbonyl (C=O) groups excluding carboxylic acids is 1. The van der Waals surface area contributed by atoms with Crippen molar-refractivity contribution in [2.75, 3.05) is 31.1 Å². The third kappa shape index (κ3) is 2.82. The maximum Gasteiger partial charge on any atom is 0.254 e. The van der Waals surface area contributed by atoms with E-state index in [2.05, 4.69) is 9.88 Å². The standard InChI is InChI=1S/C17H16ClN3OS/c18-15-3-4-16(23-15)20-7-9-21(10-8-20)17(22)13-2-1-12-5-6-19-14(12)11-13/h1-6,11,19H,7-10H2. The average Bonchev–Trinajstić information content (AvgIpc) is 3.22. The molecule has 1 aliphatic rings. The second kappa shape index (κ2) is 5.91. The molecule has 0 atom stereocenters. The molecule has 1 saturated heterocycles. The van der Waals surface area contributed by atoms with E-state index in [9.17, 15) is 4.79 Å². The number of halogens is 1. The number of nitrogens with zero attached hydrogens (tertiary/aromatic N) is 2. The molecule has 1 aliphatic heterocycles. The number of piperazine rings is 1. The van der Waals surface area contributed by atoms with Crippen LogP contribution in [0.2, 0.25) is 4.34 Å². The summed E-state index contributed by atoms with van der Waals surface area (Å²) in [4.78, 5) is 20.1. The van der Waals surface area contributed by atoms with Crippen molar-refractivity contribution in [3.05, 3.63) is 52.5 Å². The SMILES string of the molecule is O=C(c1ccc2cc[nH]c2c1)N1CCN(c2ccc(Cl)s2)CC1. The minimum absolute atomic E-state index is 0.102. The molecule has 0 aliphatic carbocycles.